The van der Waals surface area contributed by atoms with E-state index >= 15 is 0 Å². The molecular formula is C22H26ClF4N7. The van der Waals surface area contributed by atoms with Crippen LogP contribution in [-0.2, 0) is 12.0 Å². The van der Waals surface area contributed by atoms with Crippen molar-refractivity contribution in [2.24, 2.45) is 10.7 Å². The van der Waals surface area contributed by atoms with Gasteiger partial charge in [0.2, 0.25) is 5.79 Å². The number of nitrogens with zero attached hydrogens (tertiary/aromatic N) is 4. The van der Waals surface area contributed by atoms with Crippen LogP contribution in [0.3, 0.4) is 0 Å². The summed E-state index contributed by atoms with van der Waals surface area (Å²) in [5.74, 6) is -1.25. The molecule has 0 saturated carbocycles. The number of rotatable bonds is 6. The van der Waals surface area contributed by atoms with E-state index in [1.165, 1.54) is 30.6 Å². The van der Waals surface area contributed by atoms with E-state index in [9.17, 15) is 17.6 Å². The summed E-state index contributed by atoms with van der Waals surface area (Å²) in [6.07, 6.45) is -0.180. The lowest BCUT2D eigenvalue weighted by Crippen LogP contribution is -2.52. The number of hydrogen-bond acceptors (Lipinski definition) is 6. The molecule has 0 spiro atoms. The van der Waals surface area contributed by atoms with Crippen LogP contribution in [0, 0.1) is 0 Å². The largest absolute Gasteiger partial charge is 0.417 e. The van der Waals surface area contributed by atoms with Crippen molar-refractivity contribution in [3.05, 3.63) is 58.1 Å². The van der Waals surface area contributed by atoms with E-state index in [-0.39, 0.29) is 29.7 Å². The van der Waals surface area contributed by atoms with Crippen LogP contribution in [-0.4, -0.2) is 54.3 Å². The van der Waals surface area contributed by atoms with Crippen molar-refractivity contribution in [3.8, 4) is 0 Å². The molecular weight excluding hydrogens is 474 g/mol. The van der Waals surface area contributed by atoms with E-state index in [2.05, 4.69) is 25.6 Å². The van der Waals surface area contributed by atoms with Crippen molar-refractivity contribution >= 4 is 23.4 Å². The first-order valence-electron chi connectivity index (χ1n) is 10.9. The molecule has 0 aliphatic carbocycles. The number of nitrogens with one attached hydrogen (secondary N) is 2. The molecule has 1 unspecified atom stereocenters. The predicted molar refractivity (Wildman–Crippen MR) is 123 cm³/mol. The van der Waals surface area contributed by atoms with Crippen molar-refractivity contribution < 1.29 is 17.6 Å². The molecule has 12 heteroatoms. The molecule has 1 fully saturated rings. The summed E-state index contributed by atoms with van der Waals surface area (Å²) >= 11 is 6.66. The molecule has 0 amide bonds. The number of aromatic nitrogens is 2. The Morgan fingerprint density at radius 2 is 1.97 bits per heavy atom. The first-order valence-corrected chi connectivity index (χ1v) is 11.3. The monoisotopic (exact) mass is 499 g/mol. The Labute approximate surface area is 199 Å². The third-order valence-electron chi connectivity index (χ3n) is 6.20. The summed E-state index contributed by atoms with van der Waals surface area (Å²) in [5, 5.41) is 10.6. The van der Waals surface area contributed by atoms with Crippen molar-refractivity contribution in [3.63, 3.8) is 0 Å². The van der Waals surface area contributed by atoms with E-state index < -0.39 is 17.5 Å². The molecule has 34 heavy (non-hydrogen) atoms. The Morgan fingerprint density at radius 3 is 2.62 bits per heavy atom. The molecule has 1 aromatic carbocycles. The predicted octanol–water partition coefficient (Wildman–Crippen LogP) is 3.49. The van der Waals surface area contributed by atoms with Gasteiger partial charge in [0.15, 0.2) is 0 Å². The average molecular weight is 500 g/mol. The van der Waals surface area contributed by atoms with Gasteiger partial charge in [-0.15, -0.1) is 0 Å². The molecule has 0 radical (unpaired) electrons. The minimum Gasteiger partial charge on any atom is -0.374 e. The number of allylic oxidation sites excluding steroid dienone is 1. The highest BCUT2D eigenvalue weighted by Crippen LogP contribution is 2.38. The van der Waals surface area contributed by atoms with Crippen LogP contribution >= 0.6 is 11.6 Å². The minimum absolute atomic E-state index is 0.0283. The Kier molecular flexibility index (Phi) is 6.88. The standard InChI is InChI=1S/C22H26ClF4N7/c1-29-20-16(15-4-2-3-5-17(15)21(25,26)27)12-30-22(28,32-20)18-13-31-34(19(18)23)14-6-9-33(10-7-14)11-8-24/h2-5,12-14,29,32H,6-11,28H2,1H3. The Morgan fingerprint density at radius 1 is 1.26 bits per heavy atom. The fourth-order valence-electron chi connectivity index (χ4n) is 4.39. The Balaban J connectivity index is 1.61. The van der Waals surface area contributed by atoms with Crippen LogP contribution in [0.1, 0.15) is 35.6 Å². The fourth-order valence-corrected chi connectivity index (χ4v) is 4.76. The molecule has 2 aliphatic heterocycles. The molecule has 2 aromatic rings. The van der Waals surface area contributed by atoms with Crippen LogP contribution in [0.2, 0.25) is 5.15 Å². The molecule has 7 nitrogen and oxygen atoms in total. The van der Waals surface area contributed by atoms with Gasteiger partial charge in [0.25, 0.3) is 0 Å². The van der Waals surface area contributed by atoms with Gasteiger partial charge in [-0.05, 0) is 24.5 Å². The third kappa shape index (κ3) is 4.64. The topological polar surface area (TPSA) is 83.5 Å². The van der Waals surface area contributed by atoms with Crippen molar-refractivity contribution in [2.75, 3.05) is 33.4 Å². The van der Waals surface area contributed by atoms with Crippen LogP contribution in [0.15, 0.2) is 41.3 Å². The zero-order valence-electron chi connectivity index (χ0n) is 18.5. The van der Waals surface area contributed by atoms with E-state index in [1.54, 1.807) is 11.7 Å². The van der Waals surface area contributed by atoms with Gasteiger partial charge in [-0.25, -0.2) is 9.38 Å². The summed E-state index contributed by atoms with van der Waals surface area (Å²) in [7, 11) is 1.58. The Bertz CT molecular complexity index is 1090. The number of benzene rings is 1. The van der Waals surface area contributed by atoms with Gasteiger partial charge in [-0.2, -0.15) is 18.3 Å². The van der Waals surface area contributed by atoms with E-state index in [0.717, 1.165) is 32.0 Å². The summed E-state index contributed by atoms with van der Waals surface area (Å²) in [6.45, 7) is 1.50. The molecule has 1 saturated heterocycles. The van der Waals surface area contributed by atoms with Gasteiger partial charge in [0, 0.05) is 38.5 Å². The lowest BCUT2D eigenvalue weighted by Gasteiger charge is -2.34. The van der Waals surface area contributed by atoms with Gasteiger partial charge >= 0.3 is 6.18 Å². The second kappa shape index (κ2) is 9.55. The Hall–Kier alpha value is -2.63. The maximum absolute atomic E-state index is 13.6. The SMILES string of the molecule is CNC1=C(c2ccccc2C(F)(F)F)C=NC(N)(c2cnn(C3CCN(CCF)CC3)c2Cl)N1. The number of halogens is 5. The lowest BCUT2D eigenvalue weighted by atomic mass is 9.98. The number of piperidine rings is 1. The quantitative estimate of drug-likeness (QED) is 0.530. The van der Waals surface area contributed by atoms with E-state index in [0.29, 0.717) is 17.3 Å². The molecule has 3 heterocycles. The fraction of sp³-hybridized carbons (Fsp3) is 0.455. The van der Waals surface area contributed by atoms with Crippen LogP contribution in [0.25, 0.3) is 5.57 Å². The number of nitrogens with two attached hydrogens (primary N) is 1. The molecule has 4 rings (SSSR count). The first-order chi connectivity index (χ1) is 16.2. The maximum Gasteiger partial charge on any atom is 0.417 e. The summed E-state index contributed by atoms with van der Waals surface area (Å²) in [6, 6.07) is 5.30. The van der Waals surface area contributed by atoms with Crippen LogP contribution < -0.4 is 16.4 Å². The van der Waals surface area contributed by atoms with E-state index in [4.69, 9.17) is 17.3 Å². The second-order valence-corrected chi connectivity index (χ2v) is 8.65. The van der Waals surface area contributed by atoms with Gasteiger partial charge in [-0.1, -0.05) is 29.8 Å². The zero-order chi connectivity index (χ0) is 24.5. The van der Waals surface area contributed by atoms with Gasteiger partial charge in [-0.3, -0.25) is 10.4 Å². The summed E-state index contributed by atoms with van der Waals surface area (Å²) in [4.78, 5) is 6.41. The van der Waals surface area contributed by atoms with Crippen LogP contribution in [0.5, 0.6) is 0 Å². The highest BCUT2D eigenvalue weighted by molar-refractivity contribution is 6.30. The molecule has 1 aromatic heterocycles. The third-order valence-corrected chi connectivity index (χ3v) is 6.58. The summed E-state index contributed by atoms with van der Waals surface area (Å²) < 4.78 is 55.0. The lowest BCUT2D eigenvalue weighted by molar-refractivity contribution is -0.137. The number of hydrogen-bond donors (Lipinski definition) is 3. The van der Waals surface area contributed by atoms with Crippen molar-refractivity contribution in [2.45, 2.75) is 30.8 Å². The molecule has 184 valence electrons. The van der Waals surface area contributed by atoms with Crippen LogP contribution in [0.4, 0.5) is 17.6 Å². The first kappa shape index (κ1) is 24.5. The van der Waals surface area contributed by atoms with Crippen molar-refractivity contribution in [1.29, 1.82) is 0 Å². The number of aliphatic imine (C=N–C) groups is 1. The van der Waals surface area contributed by atoms with Gasteiger partial charge < -0.3 is 15.5 Å². The smallest absolute Gasteiger partial charge is 0.374 e. The molecule has 4 N–H and O–H groups in total. The van der Waals surface area contributed by atoms with Crippen molar-refractivity contribution in [1.82, 2.24) is 25.3 Å². The second-order valence-electron chi connectivity index (χ2n) is 8.29. The highest BCUT2D eigenvalue weighted by atomic mass is 35.5. The van der Waals surface area contributed by atoms with E-state index in [1.807, 2.05) is 0 Å². The molecule has 2 aliphatic rings. The van der Waals surface area contributed by atoms with Gasteiger partial charge in [0.05, 0.1) is 23.4 Å². The highest BCUT2D eigenvalue weighted by Gasteiger charge is 2.39. The number of likely N-dealkylation sites (tertiary alicyclic amines) is 1. The normalized spacial score (nSPS) is 22.2. The zero-order valence-corrected chi connectivity index (χ0v) is 19.3. The maximum atomic E-state index is 13.6. The van der Waals surface area contributed by atoms with Gasteiger partial charge in [0.1, 0.15) is 17.6 Å². The molecule has 0 bridgehead atoms. The summed E-state index contributed by atoms with van der Waals surface area (Å²) in [5.41, 5.74) is 6.34. The molecule has 1 atom stereocenters. The minimum atomic E-state index is -4.53. The average Bonchev–Trinajstić information content (AvgIpc) is 3.21. The number of alkyl halides is 4.